The fourth-order valence-corrected chi connectivity index (χ4v) is 3.23. The molecule has 0 bridgehead atoms. The molecule has 6 heteroatoms. The van der Waals surface area contributed by atoms with Crippen molar-refractivity contribution in [3.05, 3.63) is 81.6 Å². The predicted octanol–water partition coefficient (Wildman–Crippen LogP) is 5.00. The van der Waals surface area contributed by atoms with Crippen LogP contribution in [-0.2, 0) is 4.79 Å². The van der Waals surface area contributed by atoms with E-state index in [0.717, 1.165) is 16.8 Å². The molecule has 140 valence electrons. The number of hydrogen-bond donors (Lipinski definition) is 1. The zero-order valence-electron chi connectivity index (χ0n) is 15.8. The van der Waals surface area contributed by atoms with Crippen LogP contribution in [0.15, 0.2) is 54.1 Å². The molecule has 2 aromatic carbocycles. The molecule has 28 heavy (non-hydrogen) atoms. The molecule has 5 nitrogen and oxygen atoms in total. The molecule has 0 unspecified atom stereocenters. The van der Waals surface area contributed by atoms with Crippen molar-refractivity contribution < 1.29 is 4.79 Å². The van der Waals surface area contributed by atoms with Crippen LogP contribution in [0.5, 0.6) is 0 Å². The molecule has 0 atom stereocenters. The van der Waals surface area contributed by atoms with E-state index in [2.05, 4.69) is 10.4 Å². The third-order valence-corrected chi connectivity index (χ3v) is 4.79. The van der Waals surface area contributed by atoms with E-state index in [1.54, 1.807) is 11.6 Å². The number of nitrogens with one attached hydrogen (secondary N) is 1. The maximum Gasteiger partial charge on any atom is 0.266 e. The minimum atomic E-state index is -0.483. The van der Waals surface area contributed by atoms with E-state index in [9.17, 15) is 10.1 Å². The summed E-state index contributed by atoms with van der Waals surface area (Å²) < 4.78 is 1.58. The first-order valence-electron chi connectivity index (χ1n) is 8.72. The van der Waals surface area contributed by atoms with Gasteiger partial charge in [-0.25, -0.2) is 4.68 Å². The Morgan fingerprint density at radius 3 is 2.36 bits per heavy atom. The number of amides is 1. The molecule has 0 aliphatic carbocycles. The van der Waals surface area contributed by atoms with Gasteiger partial charge in [0.1, 0.15) is 16.8 Å². The lowest BCUT2D eigenvalue weighted by Gasteiger charge is -2.10. The van der Waals surface area contributed by atoms with Crippen molar-refractivity contribution in [2.45, 2.75) is 20.8 Å². The molecule has 1 N–H and O–H groups in total. The first-order chi connectivity index (χ1) is 13.4. The van der Waals surface area contributed by atoms with Gasteiger partial charge in [0.05, 0.1) is 11.4 Å². The van der Waals surface area contributed by atoms with Crippen LogP contribution in [0, 0.1) is 32.1 Å². The SMILES string of the molecule is Cc1cccc(C)c1NC(=O)/C(C#N)=C/c1c(C)nn(-c2ccccc2)c1Cl. The number of hydrogen-bond acceptors (Lipinski definition) is 3. The summed E-state index contributed by atoms with van der Waals surface area (Å²) in [5.41, 5.74) is 4.49. The summed E-state index contributed by atoms with van der Waals surface area (Å²) in [7, 11) is 0. The molecule has 1 amide bonds. The number of para-hydroxylation sites is 2. The van der Waals surface area contributed by atoms with Crippen LogP contribution in [0.25, 0.3) is 11.8 Å². The van der Waals surface area contributed by atoms with Gasteiger partial charge in [0.15, 0.2) is 0 Å². The Morgan fingerprint density at radius 1 is 1.11 bits per heavy atom. The van der Waals surface area contributed by atoms with E-state index in [4.69, 9.17) is 11.6 Å². The van der Waals surface area contributed by atoms with Crippen molar-refractivity contribution in [2.24, 2.45) is 0 Å². The van der Waals surface area contributed by atoms with E-state index in [1.165, 1.54) is 6.08 Å². The van der Waals surface area contributed by atoms with Crippen molar-refractivity contribution in [3.63, 3.8) is 0 Å². The van der Waals surface area contributed by atoms with Crippen molar-refractivity contribution >= 4 is 29.3 Å². The number of benzene rings is 2. The maximum atomic E-state index is 12.7. The highest BCUT2D eigenvalue weighted by atomic mass is 35.5. The van der Waals surface area contributed by atoms with Crippen molar-refractivity contribution in [1.82, 2.24) is 9.78 Å². The highest BCUT2D eigenvalue weighted by Crippen LogP contribution is 2.26. The molecule has 3 aromatic rings. The Morgan fingerprint density at radius 2 is 1.75 bits per heavy atom. The second kappa shape index (κ2) is 8.12. The van der Waals surface area contributed by atoms with Gasteiger partial charge < -0.3 is 5.32 Å². The second-order valence-corrected chi connectivity index (χ2v) is 6.79. The number of carbonyl (C=O) groups is 1. The standard InChI is InChI=1S/C22H19ClN4O/c1-14-8-7-9-15(2)20(14)25-22(28)17(13-24)12-19-16(3)26-27(21(19)23)18-10-5-4-6-11-18/h4-12H,1-3H3,(H,25,28)/b17-12+. The Hall–Kier alpha value is -3.36. The molecule has 0 radical (unpaired) electrons. The highest BCUT2D eigenvalue weighted by molar-refractivity contribution is 6.31. The predicted molar refractivity (Wildman–Crippen MR) is 111 cm³/mol. The zero-order chi connectivity index (χ0) is 20.3. The van der Waals surface area contributed by atoms with Gasteiger partial charge >= 0.3 is 0 Å². The monoisotopic (exact) mass is 390 g/mol. The molecule has 0 spiro atoms. The maximum absolute atomic E-state index is 12.7. The lowest BCUT2D eigenvalue weighted by molar-refractivity contribution is -0.112. The van der Waals surface area contributed by atoms with E-state index >= 15 is 0 Å². The van der Waals surface area contributed by atoms with Gasteiger partial charge in [-0.05, 0) is 50.1 Å². The molecule has 0 aliphatic rings. The van der Waals surface area contributed by atoms with E-state index < -0.39 is 5.91 Å². The number of halogens is 1. The minimum Gasteiger partial charge on any atom is -0.321 e. The highest BCUT2D eigenvalue weighted by Gasteiger charge is 2.17. The van der Waals surface area contributed by atoms with Gasteiger partial charge in [0.25, 0.3) is 5.91 Å². The molecular weight excluding hydrogens is 372 g/mol. The Labute approximate surface area is 168 Å². The van der Waals surface area contributed by atoms with Crippen LogP contribution < -0.4 is 5.32 Å². The number of nitriles is 1. The number of rotatable bonds is 4. The summed E-state index contributed by atoms with van der Waals surface area (Å²) in [4.78, 5) is 12.7. The second-order valence-electron chi connectivity index (χ2n) is 6.43. The number of nitrogens with zero attached hydrogens (tertiary/aromatic N) is 3. The fourth-order valence-electron chi connectivity index (χ4n) is 2.90. The first-order valence-corrected chi connectivity index (χ1v) is 9.10. The Bertz CT molecular complexity index is 1090. The topological polar surface area (TPSA) is 70.7 Å². The molecule has 1 heterocycles. The van der Waals surface area contributed by atoms with Gasteiger partial charge in [0, 0.05) is 11.3 Å². The van der Waals surface area contributed by atoms with Gasteiger partial charge in [0.2, 0.25) is 0 Å². The molecule has 0 saturated heterocycles. The molecule has 0 aliphatic heterocycles. The summed E-state index contributed by atoms with van der Waals surface area (Å²) >= 11 is 6.50. The number of carbonyl (C=O) groups excluding carboxylic acids is 1. The fraction of sp³-hybridized carbons (Fsp3) is 0.136. The van der Waals surface area contributed by atoms with E-state index in [-0.39, 0.29) is 5.57 Å². The van der Waals surface area contributed by atoms with Gasteiger partial charge in [-0.2, -0.15) is 10.4 Å². The Kier molecular flexibility index (Phi) is 5.62. The van der Waals surface area contributed by atoms with Crippen LogP contribution in [0.3, 0.4) is 0 Å². The van der Waals surface area contributed by atoms with Gasteiger partial charge in [-0.15, -0.1) is 0 Å². The van der Waals surface area contributed by atoms with E-state index in [1.807, 2.05) is 68.4 Å². The summed E-state index contributed by atoms with van der Waals surface area (Å²) in [6.45, 7) is 5.60. The van der Waals surface area contributed by atoms with Crippen molar-refractivity contribution in [2.75, 3.05) is 5.32 Å². The average Bonchev–Trinajstić information content (AvgIpc) is 2.97. The summed E-state index contributed by atoms with van der Waals surface area (Å²) in [5, 5.41) is 17.1. The smallest absolute Gasteiger partial charge is 0.266 e. The third-order valence-electron chi connectivity index (χ3n) is 4.42. The Balaban J connectivity index is 1.96. The summed E-state index contributed by atoms with van der Waals surface area (Å²) in [6.07, 6.45) is 1.48. The lowest BCUT2D eigenvalue weighted by atomic mass is 10.1. The van der Waals surface area contributed by atoms with Crippen molar-refractivity contribution in [1.29, 1.82) is 5.26 Å². The molecule has 1 aromatic heterocycles. The first kappa shape index (κ1) is 19.4. The molecule has 0 saturated carbocycles. The number of aromatic nitrogens is 2. The zero-order valence-corrected chi connectivity index (χ0v) is 16.6. The van der Waals surface area contributed by atoms with Gasteiger partial charge in [-0.3, -0.25) is 4.79 Å². The summed E-state index contributed by atoms with van der Waals surface area (Å²) in [5.74, 6) is -0.483. The molecular formula is C22H19ClN4O. The normalized spacial score (nSPS) is 11.2. The van der Waals surface area contributed by atoms with Crippen LogP contribution >= 0.6 is 11.6 Å². The lowest BCUT2D eigenvalue weighted by Crippen LogP contribution is -2.15. The molecule has 3 rings (SSSR count). The van der Waals surface area contributed by atoms with Crippen molar-refractivity contribution in [3.8, 4) is 11.8 Å². The van der Waals surface area contributed by atoms with E-state index in [0.29, 0.717) is 22.1 Å². The third kappa shape index (κ3) is 3.83. The largest absolute Gasteiger partial charge is 0.321 e. The van der Waals surface area contributed by atoms with Gasteiger partial charge in [-0.1, -0.05) is 48.0 Å². The number of anilines is 1. The van der Waals surface area contributed by atoms with Crippen LogP contribution in [0.2, 0.25) is 5.15 Å². The average molecular weight is 391 g/mol. The summed E-state index contributed by atoms with van der Waals surface area (Å²) in [6, 6.07) is 17.1. The van der Waals surface area contributed by atoms with Crippen LogP contribution in [-0.4, -0.2) is 15.7 Å². The van der Waals surface area contributed by atoms with Crippen LogP contribution in [0.1, 0.15) is 22.4 Å². The number of aryl methyl sites for hydroxylation is 3. The quantitative estimate of drug-likeness (QED) is 0.503. The van der Waals surface area contributed by atoms with Crippen LogP contribution in [0.4, 0.5) is 5.69 Å². The minimum absolute atomic E-state index is 0.0414. The molecule has 0 fully saturated rings.